The summed E-state index contributed by atoms with van der Waals surface area (Å²) in [5, 5.41) is 11.0. The normalized spacial score (nSPS) is 15.7. The van der Waals surface area contributed by atoms with Crippen molar-refractivity contribution in [2.24, 2.45) is 11.8 Å². The summed E-state index contributed by atoms with van der Waals surface area (Å²) in [6.45, 7) is 1.33. The van der Waals surface area contributed by atoms with Gasteiger partial charge in [-0.05, 0) is 53.5 Å². The fourth-order valence-corrected chi connectivity index (χ4v) is 9.88. The van der Waals surface area contributed by atoms with E-state index in [-0.39, 0.29) is 48.8 Å². The van der Waals surface area contributed by atoms with E-state index in [1.807, 2.05) is 92.8 Å². The molecule has 0 amide bonds. The van der Waals surface area contributed by atoms with Gasteiger partial charge in [-0.2, -0.15) is 0 Å². The molecule has 0 atom stereocenters. The van der Waals surface area contributed by atoms with Crippen molar-refractivity contribution >= 4 is 39.7 Å². The molecule has 0 spiro atoms. The van der Waals surface area contributed by atoms with E-state index >= 15 is 0 Å². The molecule has 0 saturated heterocycles. The minimum atomic E-state index is -2.55. The van der Waals surface area contributed by atoms with Gasteiger partial charge in [0.05, 0.1) is 11.3 Å². The third-order valence-electron chi connectivity index (χ3n) is 9.62. The maximum atomic E-state index is 9.82. The van der Waals surface area contributed by atoms with Crippen LogP contribution in [0.5, 0.6) is 0 Å². The van der Waals surface area contributed by atoms with Crippen LogP contribution in [0, 0.1) is 42.2 Å². The van der Waals surface area contributed by atoms with Crippen molar-refractivity contribution in [2.75, 3.05) is 0 Å². The van der Waals surface area contributed by atoms with Crippen molar-refractivity contribution in [2.45, 2.75) is 76.4 Å². The summed E-state index contributed by atoms with van der Waals surface area (Å²) in [6.07, 6.45) is 3.40. The topological polar surface area (TPSA) is 75.6 Å². The van der Waals surface area contributed by atoms with Crippen LogP contribution in [0.15, 0.2) is 102 Å². The average molecular weight is 969 g/mol. The van der Waals surface area contributed by atoms with Gasteiger partial charge in [0.25, 0.3) is 0 Å². The number of nitriles is 1. The number of hydrogen-bond donors (Lipinski definition) is 0. The average Bonchev–Trinajstić information content (AvgIpc) is 3.93. The van der Waals surface area contributed by atoms with Crippen molar-refractivity contribution < 1.29 is 34.1 Å². The summed E-state index contributed by atoms with van der Waals surface area (Å²) in [7, 11) is 0. The van der Waals surface area contributed by atoms with Gasteiger partial charge in [-0.25, -0.2) is 10.2 Å². The summed E-state index contributed by atoms with van der Waals surface area (Å²) < 4.78 is 66.7. The fourth-order valence-electron chi connectivity index (χ4n) is 6.93. The van der Waals surface area contributed by atoms with Crippen molar-refractivity contribution in [3.63, 3.8) is 0 Å². The van der Waals surface area contributed by atoms with Crippen LogP contribution >= 0.6 is 0 Å². The van der Waals surface area contributed by atoms with Crippen LogP contribution < -0.4 is 4.40 Å². The van der Waals surface area contributed by atoms with Crippen LogP contribution in [0.25, 0.3) is 55.8 Å². The number of rotatable bonds is 8. The van der Waals surface area contributed by atoms with Crippen LogP contribution in [0.4, 0.5) is 0 Å². The zero-order chi connectivity index (χ0) is 43.9. The molecule has 1 saturated carbocycles. The molecule has 1 radical (unpaired) electrons. The Hall–Kier alpha value is -4.41. The smallest absolute Gasteiger partial charge is 0 e. The monoisotopic (exact) mass is 970 g/mol. The predicted molar refractivity (Wildman–Crippen MR) is 224 cm³/mol. The van der Waals surface area contributed by atoms with Crippen LogP contribution in [0.3, 0.4) is 0 Å². The third kappa shape index (κ3) is 9.18. The number of nitrogens with zero attached hydrogens (tertiary/aromatic N) is 4. The van der Waals surface area contributed by atoms with E-state index in [0.717, 1.165) is 52.5 Å². The van der Waals surface area contributed by atoms with Gasteiger partial charge in [-0.1, -0.05) is 73.2 Å². The van der Waals surface area contributed by atoms with Crippen molar-refractivity contribution in [3.05, 3.63) is 132 Å². The van der Waals surface area contributed by atoms with Gasteiger partial charge in [0, 0.05) is 50.2 Å². The molecule has 7 heteroatoms. The van der Waals surface area contributed by atoms with E-state index in [2.05, 4.69) is 45.4 Å². The first-order chi connectivity index (χ1) is 28.8. The fraction of sp³-hybridized carbons (Fsp3) is 0.292. The molecule has 0 aliphatic heterocycles. The zero-order valence-corrected chi connectivity index (χ0v) is 36.2. The quantitative estimate of drug-likeness (QED) is 0.112. The molecule has 7 aromatic rings. The number of aryl methyl sites for hydroxylation is 1. The molecule has 0 unspecified atom stereocenters. The van der Waals surface area contributed by atoms with E-state index in [9.17, 15) is 5.26 Å². The molecule has 0 bridgehead atoms. The molecule has 281 valence electrons. The molecular weight excluding hydrogens is 913 g/mol. The first kappa shape index (κ1) is 31.8. The third-order valence-corrected chi connectivity index (χ3v) is 13.8. The molecule has 4 aromatic heterocycles. The standard InChI is InChI=1S/C30H24N3O.C18H24GeN.Ir/c1-19-15-27(32-18-23(19)16-20-7-5-6-8-20)24-12-11-22(17-31)28-25-13-14-26(21-9-3-2-4-10-21)33-30(25)34-29(24)28;1-14(2)11-16-12-18(15-9-7-6-8-10-15)20-13-17(16)19(3,4)5;/h2-4,9-11,13-15,18,20H,5-8,16H2,1H3;6-9,12-14H,11H2,1-5H3;/q2*-1;/i1D3,16D2;11D2;. The number of aromatic nitrogens is 3. The van der Waals surface area contributed by atoms with E-state index in [1.165, 1.54) is 12.3 Å². The minimum absolute atomic E-state index is 0. The Balaban J connectivity index is 0.000000238. The molecule has 5 nitrogen and oxygen atoms in total. The van der Waals surface area contributed by atoms with E-state index in [4.69, 9.17) is 19.0 Å². The maximum Gasteiger partial charge on any atom is 0 e. The van der Waals surface area contributed by atoms with Crippen LogP contribution in [0.1, 0.15) is 71.4 Å². The van der Waals surface area contributed by atoms with Gasteiger partial charge >= 0.3 is 128 Å². The van der Waals surface area contributed by atoms with Gasteiger partial charge in [0.1, 0.15) is 0 Å². The molecular formula is C48H48GeIrN4O-2. The molecule has 4 heterocycles. The van der Waals surface area contributed by atoms with E-state index < -0.39 is 32.9 Å². The van der Waals surface area contributed by atoms with Crippen LogP contribution in [0.2, 0.25) is 17.3 Å². The van der Waals surface area contributed by atoms with Crippen molar-refractivity contribution in [1.29, 1.82) is 5.26 Å². The van der Waals surface area contributed by atoms with E-state index in [1.54, 1.807) is 6.07 Å². The number of pyridine rings is 3. The summed E-state index contributed by atoms with van der Waals surface area (Å²) in [5.41, 5.74) is 5.89. The zero-order valence-electron chi connectivity index (χ0n) is 38.8. The number of benzene rings is 3. The first-order valence-electron chi connectivity index (χ1n) is 22.0. The Morgan fingerprint density at radius 2 is 1.69 bits per heavy atom. The Morgan fingerprint density at radius 1 is 0.927 bits per heavy atom. The summed E-state index contributed by atoms with van der Waals surface area (Å²) in [6, 6.07) is 34.5. The van der Waals surface area contributed by atoms with Gasteiger partial charge in [-0.3, -0.25) is 0 Å². The number of fused-ring (bicyclic) bond motifs is 3. The summed E-state index contributed by atoms with van der Waals surface area (Å²) in [4.78, 5) is 13.8. The molecule has 8 rings (SSSR count). The molecule has 0 N–H and O–H groups in total. The SMILES string of the molecule is [2H]C([2H])([2H])c1cc(-c2[c-]cc(C#N)c3c2oc2nc(-c4ccccc4)ccc23)ncc1C([2H])([2H])C1CCCC1.[2H]C([2H])(c1cc(-c2[c-]cccc2)nc[c]1[Ge]([CH3])([CH3])[CH3])C(C)C.[Ir]. The first-order valence-corrected chi connectivity index (χ1v) is 25.9. The van der Waals surface area contributed by atoms with E-state index in [0.29, 0.717) is 38.9 Å². The molecule has 3 aromatic carbocycles. The Labute approximate surface area is 352 Å². The minimum Gasteiger partial charge on any atom is 0 e. The molecule has 1 fully saturated rings. The number of hydrogen-bond acceptors (Lipinski definition) is 5. The predicted octanol–water partition coefficient (Wildman–Crippen LogP) is 11.7. The van der Waals surface area contributed by atoms with Gasteiger partial charge in [0.15, 0.2) is 0 Å². The summed E-state index contributed by atoms with van der Waals surface area (Å²) in [5.74, 6) is 6.52. The second kappa shape index (κ2) is 17.6. The van der Waals surface area contributed by atoms with Crippen molar-refractivity contribution in [1.82, 2.24) is 15.0 Å². The molecule has 1 aliphatic rings. The summed E-state index contributed by atoms with van der Waals surface area (Å²) >= 11 is -2.20. The van der Waals surface area contributed by atoms with Gasteiger partial charge in [0.2, 0.25) is 5.71 Å². The van der Waals surface area contributed by atoms with Crippen molar-refractivity contribution in [3.8, 4) is 39.8 Å². The number of furan rings is 1. The Kier molecular flexibility index (Phi) is 10.2. The second-order valence-corrected chi connectivity index (χ2v) is 25.7. The van der Waals surface area contributed by atoms with Gasteiger partial charge in [-0.15, -0.1) is 12.1 Å². The van der Waals surface area contributed by atoms with Crippen LogP contribution in [-0.4, -0.2) is 28.2 Å². The Bertz CT molecular complexity index is 2740. The van der Waals surface area contributed by atoms with Crippen LogP contribution in [-0.2, 0) is 32.9 Å². The molecule has 1 aliphatic carbocycles. The van der Waals surface area contributed by atoms with Gasteiger partial charge < -0.3 is 9.40 Å². The largest absolute Gasteiger partial charge is 0 e. The molecule has 55 heavy (non-hydrogen) atoms. The Morgan fingerprint density at radius 3 is 2.38 bits per heavy atom. The maximum absolute atomic E-state index is 9.82. The second-order valence-electron chi connectivity index (χ2n) is 15.1.